The van der Waals surface area contributed by atoms with Gasteiger partial charge in [0.2, 0.25) is 0 Å². The number of nitrogens with zero attached hydrogens (tertiary/aromatic N) is 2. The standard InChI is InChI=1S/C19H13F7N2O3S/c1-10-3-5-12(8-15(10)31-19(24,25)26)28-14(9-17(27-28)18(21,22)23)11-4-6-16(13(20)7-11)32(2,29)30/h3-9H,1-2H3. The molecule has 1 heterocycles. The number of hydrogen-bond acceptors (Lipinski definition) is 4. The van der Waals surface area contributed by atoms with Crippen molar-refractivity contribution in [2.45, 2.75) is 24.4 Å². The third-order valence-electron chi connectivity index (χ3n) is 4.27. The number of aromatic nitrogens is 2. The molecule has 1 aromatic heterocycles. The fourth-order valence-electron chi connectivity index (χ4n) is 2.84. The monoisotopic (exact) mass is 482 g/mol. The summed E-state index contributed by atoms with van der Waals surface area (Å²) in [5.74, 6) is -1.88. The van der Waals surface area contributed by atoms with E-state index in [1.165, 1.54) is 19.1 Å². The van der Waals surface area contributed by atoms with Crippen molar-refractivity contribution >= 4 is 9.84 Å². The summed E-state index contributed by atoms with van der Waals surface area (Å²) in [4.78, 5) is -0.667. The second-order valence-corrected chi connectivity index (χ2v) is 8.72. The molecule has 2 aromatic carbocycles. The molecule has 0 saturated heterocycles. The first-order chi connectivity index (χ1) is 14.6. The zero-order chi connectivity index (χ0) is 24.1. The van der Waals surface area contributed by atoms with Gasteiger partial charge in [0.25, 0.3) is 0 Å². The van der Waals surface area contributed by atoms with Crippen LogP contribution in [0.5, 0.6) is 5.75 Å². The minimum absolute atomic E-state index is 0.0550. The average molecular weight is 482 g/mol. The molecule has 0 unspecified atom stereocenters. The zero-order valence-corrected chi connectivity index (χ0v) is 17.0. The molecule has 0 aliphatic rings. The Kier molecular flexibility index (Phi) is 5.74. The fraction of sp³-hybridized carbons (Fsp3) is 0.211. The molecule has 0 atom stereocenters. The normalized spacial score (nSPS) is 12.8. The molecular weight excluding hydrogens is 469 g/mol. The van der Waals surface area contributed by atoms with Gasteiger partial charge in [0.05, 0.1) is 11.4 Å². The van der Waals surface area contributed by atoms with Crippen molar-refractivity contribution in [3.63, 3.8) is 0 Å². The highest BCUT2D eigenvalue weighted by Crippen LogP contribution is 2.35. The van der Waals surface area contributed by atoms with Gasteiger partial charge in [0, 0.05) is 17.9 Å². The topological polar surface area (TPSA) is 61.2 Å². The highest BCUT2D eigenvalue weighted by molar-refractivity contribution is 7.90. The second kappa shape index (κ2) is 7.80. The SMILES string of the molecule is Cc1ccc(-n2nc(C(F)(F)F)cc2-c2ccc(S(C)(=O)=O)c(F)c2)cc1OC(F)(F)F. The van der Waals surface area contributed by atoms with Crippen molar-refractivity contribution in [3.05, 3.63) is 59.5 Å². The maximum Gasteiger partial charge on any atom is 0.573 e. The van der Waals surface area contributed by atoms with Crippen LogP contribution in [0.2, 0.25) is 0 Å². The van der Waals surface area contributed by atoms with Crippen LogP contribution in [0.1, 0.15) is 11.3 Å². The van der Waals surface area contributed by atoms with E-state index >= 15 is 0 Å². The lowest BCUT2D eigenvalue weighted by Gasteiger charge is -2.14. The van der Waals surface area contributed by atoms with E-state index in [-0.39, 0.29) is 22.5 Å². The summed E-state index contributed by atoms with van der Waals surface area (Å²) >= 11 is 0. The van der Waals surface area contributed by atoms with E-state index in [0.29, 0.717) is 16.8 Å². The van der Waals surface area contributed by atoms with E-state index in [0.717, 1.165) is 24.5 Å². The first kappa shape index (κ1) is 23.6. The Hall–Kier alpha value is -3.09. The molecular formula is C19H13F7N2O3S. The number of alkyl halides is 6. The smallest absolute Gasteiger partial charge is 0.405 e. The summed E-state index contributed by atoms with van der Waals surface area (Å²) in [6.07, 6.45) is -9.20. The van der Waals surface area contributed by atoms with Crippen molar-refractivity contribution in [3.8, 4) is 22.7 Å². The van der Waals surface area contributed by atoms with E-state index < -0.39 is 44.5 Å². The Bertz CT molecular complexity index is 1280. The van der Waals surface area contributed by atoms with Crippen LogP contribution in [0, 0.1) is 12.7 Å². The Labute approximate surface area is 177 Å². The first-order valence-corrected chi connectivity index (χ1v) is 10.5. The number of rotatable bonds is 4. The van der Waals surface area contributed by atoms with Crippen molar-refractivity contribution < 1.29 is 43.9 Å². The number of halogens is 7. The Morgan fingerprint density at radius 3 is 2.16 bits per heavy atom. The summed E-state index contributed by atoms with van der Waals surface area (Å²) in [7, 11) is -3.94. The van der Waals surface area contributed by atoms with Crippen LogP contribution in [0.4, 0.5) is 30.7 Å². The fourth-order valence-corrected chi connectivity index (χ4v) is 3.57. The number of ether oxygens (including phenoxy) is 1. The van der Waals surface area contributed by atoms with Crippen LogP contribution in [0.3, 0.4) is 0 Å². The van der Waals surface area contributed by atoms with Gasteiger partial charge in [-0.05, 0) is 36.8 Å². The largest absolute Gasteiger partial charge is 0.573 e. The highest BCUT2D eigenvalue weighted by Gasteiger charge is 2.36. The maximum atomic E-state index is 14.3. The van der Waals surface area contributed by atoms with Gasteiger partial charge in [0.15, 0.2) is 15.5 Å². The van der Waals surface area contributed by atoms with Crippen molar-refractivity contribution in [2.24, 2.45) is 0 Å². The van der Waals surface area contributed by atoms with Crippen LogP contribution in [0.25, 0.3) is 16.9 Å². The molecule has 13 heteroatoms. The van der Waals surface area contributed by atoms with E-state index in [1.54, 1.807) is 0 Å². The lowest BCUT2D eigenvalue weighted by atomic mass is 10.1. The van der Waals surface area contributed by atoms with Crippen LogP contribution in [0.15, 0.2) is 47.4 Å². The summed E-state index contributed by atoms with van der Waals surface area (Å²) < 4.78 is 120. The lowest BCUT2D eigenvalue weighted by Crippen LogP contribution is -2.18. The van der Waals surface area contributed by atoms with Crippen LogP contribution in [-0.4, -0.2) is 30.8 Å². The average Bonchev–Trinajstić information content (AvgIpc) is 3.07. The molecule has 0 amide bonds. The first-order valence-electron chi connectivity index (χ1n) is 8.60. The van der Waals surface area contributed by atoms with Gasteiger partial charge in [-0.1, -0.05) is 12.1 Å². The summed E-state index contributed by atoms with van der Waals surface area (Å²) in [5, 5.41) is 3.41. The molecule has 0 aliphatic heterocycles. The molecule has 0 aliphatic carbocycles. The van der Waals surface area contributed by atoms with Gasteiger partial charge in [0.1, 0.15) is 16.5 Å². The van der Waals surface area contributed by atoms with Gasteiger partial charge >= 0.3 is 12.5 Å². The van der Waals surface area contributed by atoms with Crippen LogP contribution in [-0.2, 0) is 16.0 Å². The van der Waals surface area contributed by atoms with Gasteiger partial charge < -0.3 is 4.74 Å². The summed E-state index contributed by atoms with van der Waals surface area (Å²) in [6, 6.07) is 6.43. The lowest BCUT2D eigenvalue weighted by molar-refractivity contribution is -0.274. The Morgan fingerprint density at radius 2 is 1.62 bits per heavy atom. The van der Waals surface area contributed by atoms with Crippen molar-refractivity contribution in [1.29, 1.82) is 0 Å². The number of aryl methyl sites for hydroxylation is 1. The minimum atomic E-state index is -5.04. The number of hydrogen-bond donors (Lipinski definition) is 0. The Balaban J connectivity index is 2.21. The summed E-state index contributed by atoms with van der Waals surface area (Å²) in [6.45, 7) is 1.30. The second-order valence-electron chi connectivity index (χ2n) is 6.74. The van der Waals surface area contributed by atoms with Crippen LogP contribution >= 0.6 is 0 Å². The van der Waals surface area contributed by atoms with Crippen molar-refractivity contribution in [1.82, 2.24) is 9.78 Å². The minimum Gasteiger partial charge on any atom is -0.405 e. The number of benzene rings is 2. The van der Waals surface area contributed by atoms with Crippen LogP contribution < -0.4 is 4.74 Å². The van der Waals surface area contributed by atoms with E-state index in [2.05, 4.69) is 9.84 Å². The molecule has 0 fully saturated rings. The molecule has 172 valence electrons. The van der Waals surface area contributed by atoms with Gasteiger partial charge in [-0.15, -0.1) is 13.2 Å². The Morgan fingerprint density at radius 1 is 0.969 bits per heavy atom. The quantitative estimate of drug-likeness (QED) is 0.473. The molecule has 0 saturated carbocycles. The molecule has 0 radical (unpaired) electrons. The van der Waals surface area contributed by atoms with Crippen molar-refractivity contribution in [2.75, 3.05) is 6.26 Å². The van der Waals surface area contributed by atoms with E-state index in [9.17, 15) is 39.2 Å². The summed E-state index contributed by atoms with van der Waals surface area (Å²) in [5.41, 5.74) is -2.08. The van der Waals surface area contributed by atoms with Gasteiger partial charge in [-0.25, -0.2) is 17.5 Å². The molecule has 0 N–H and O–H groups in total. The zero-order valence-electron chi connectivity index (χ0n) is 16.2. The van der Waals surface area contributed by atoms with Gasteiger partial charge in [-0.3, -0.25) is 0 Å². The molecule has 0 bridgehead atoms. The molecule has 5 nitrogen and oxygen atoms in total. The number of sulfone groups is 1. The molecule has 3 aromatic rings. The predicted molar refractivity (Wildman–Crippen MR) is 98.5 cm³/mol. The van der Waals surface area contributed by atoms with Gasteiger partial charge in [-0.2, -0.15) is 18.3 Å². The molecule has 3 rings (SSSR count). The maximum absolute atomic E-state index is 14.3. The third-order valence-corrected chi connectivity index (χ3v) is 5.40. The predicted octanol–water partition coefficient (Wildman–Crippen LogP) is 5.31. The highest BCUT2D eigenvalue weighted by atomic mass is 32.2. The molecule has 0 spiro atoms. The van der Waals surface area contributed by atoms with E-state index in [4.69, 9.17) is 0 Å². The van der Waals surface area contributed by atoms with E-state index in [1.807, 2.05) is 0 Å². The third kappa shape index (κ3) is 5.03. The molecule has 32 heavy (non-hydrogen) atoms.